The highest BCUT2D eigenvalue weighted by Gasteiger charge is 2.17. The van der Waals surface area contributed by atoms with Gasteiger partial charge in [0.25, 0.3) is 0 Å². The van der Waals surface area contributed by atoms with Crippen LogP contribution in [0.2, 0.25) is 0 Å². The minimum atomic E-state index is -1.61. The lowest BCUT2D eigenvalue weighted by Crippen LogP contribution is -2.25. The smallest absolute Gasteiger partial charge is 0.402 e. The molecule has 0 aliphatic heterocycles. The van der Waals surface area contributed by atoms with E-state index in [0.717, 1.165) is 25.7 Å². The van der Waals surface area contributed by atoms with Crippen LogP contribution >= 0.6 is 0 Å². The molecule has 0 spiro atoms. The Kier molecular flexibility index (Phi) is 11.4. The summed E-state index contributed by atoms with van der Waals surface area (Å²) in [6, 6.07) is 0. The van der Waals surface area contributed by atoms with Crippen LogP contribution in [0.3, 0.4) is 0 Å². The van der Waals surface area contributed by atoms with E-state index in [2.05, 4.69) is 0 Å². The van der Waals surface area contributed by atoms with Crippen LogP contribution in [0.15, 0.2) is 0 Å². The molecular formula is C16H33BO3. The molecule has 0 saturated heterocycles. The van der Waals surface area contributed by atoms with Crippen LogP contribution in [0.1, 0.15) is 96.3 Å². The summed E-state index contributed by atoms with van der Waals surface area (Å²) in [5.74, 6) is 0. The number of hydrogen-bond donors (Lipinski definition) is 2. The van der Waals surface area contributed by atoms with E-state index in [0.29, 0.717) is 0 Å². The summed E-state index contributed by atoms with van der Waals surface area (Å²) in [6.45, 7) is 0. The molecule has 0 atom stereocenters. The Morgan fingerprint density at radius 2 is 0.850 bits per heavy atom. The molecule has 1 fully saturated rings. The van der Waals surface area contributed by atoms with Gasteiger partial charge in [-0.25, -0.2) is 0 Å². The molecule has 0 amide bonds. The zero-order chi connectivity index (χ0) is 14.5. The van der Waals surface area contributed by atoms with Gasteiger partial charge in [0, 0.05) is 6.10 Å². The number of hydrogen-bond acceptors (Lipinski definition) is 3. The summed E-state index contributed by atoms with van der Waals surface area (Å²) in [6.07, 6.45) is 19.1. The van der Waals surface area contributed by atoms with Gasteiger partial charge >= 0.3 is 7.32 Å². The fourth-order valence-electron chi connectivity index (χ4n) is 3.14. The van der Waals surface area contributed by atoms with Gasteiger partial charge in [0.05, 0.1) is 0 Å². The maximum atomic E-state index is 8.98. The first kappa shape index (κ1) is 18.0. The van der Waals surface area contributed by atoms with Gasteiger partial charge < -0.3 is 14.7 Å². The third-order valence-electron chi connectivity index (χ3n) is 4.37. The predicted octanol–water partition coefficient (Wildman–Crippen LogP) is 4.21. The van der Waals surface area contributed by atoms with Gasteiger partial charge in [-0.3, -0.25) is 0 Å². The van der Waals surface area contributed by atoms with Crippen molar-refractivity contribution >= 4 is 7.32 Å². The first-order valence-electron chi connectivity index (χ1n) is 8.80. The minimum Gasteiger partial charge on any atom is -0.402 e. The Balaban J connectivity index is 2.24. The van der Waals surface area contributed by atoms with E-state index in [-0.39, 0.29) is 6.10 Å². The van der Waals surface area contributed by atoms with Gasteiger partial charge in [0.2, 0.25) is 0 Å². The van der Waals surface area contributed by atoms with Gasteiger partial charge in [-0.2, -0.15) is 0 Å². The second-order valence-electron chi connectivity index (χ2n) is 6.26. The van der Waals surface area contributed by atoms with Crippen molar-refractivity contribution in [2.45, 2.75) is 102 Å². The molecule has 0 heterocycles. The highest BCUT2D eigenvalue weighted by atomic mass is 16.6. The molecular weight excluding hydrogens is 251 g/mol. The Labute approximate surface area is 125 Å². The van der Waals surface area contributed by atoms with Crippen molar-refractivity contribution in [2.24, 2.45) is 0 Å². The quantitative estimate of drug-likeness (QED) is 0.747. The van der Waals surface area contributed by atoms with E-state index in [1.54, 1.807) is 0 Å². The lowest BCUT2D eigenvalue weighted by molar-refractivity contribution is 0.101. The monoisotopic (exact) mass is 284 g/mol. The van der Waals surface area contributed by atoms with Crippen LogP contribution in [0.25, 0.3) is 0 Å². The molecule has 0 bridgehead atoms. The lowest BCUT2D eigenvalue weighted by Gasteiger charge is -2.18. The Morgan fingerprint density at radius 1 is 0.550 bits per heavy atom. The molecule has 0 unspecified atom stereocenters. The van der Waals surface area contributed by atoms with E-state index in [9.17, 15) is 0 Å². The largest absolute Gasteiger partial charge is 0.634 e. The van der Waals surface area contributed by atoms with Gasteiger partial charge in [-0.15, -0.1) is 0 Å². The van der Waals surface area contributed by atoms with E-state index < -0.39 is 7.32 Å². The summed E-state index contributed by atoms with van der Waals surface area (Å²) >= 11 is 0. The summed E-state index contributed by atoms with van der Waals surface area (Å²) in [4.78, 5) is 0. The number of rotatable bonds is 2. The van der Waals surface area contributed by atoms with Crippen LogP contribution in [-0.2, 0) is 4.65 Å². The van der Waals surface area contributed by atoms with Crippen molar-refractivity contribution in [3.63, 3.8) is 0 Å². The fraction of sp³-hybridized carbons (Fsp3) is 1.00. The molecule has 1 aliphatic rings. The van der Waals surface area contributed by atoms with Crippen molar-refractivity contribution in [3.8, 4) is 0 Å². The highest BCUT2D eigenvalue weighted by molar-refractivity contribution is 6.32. The van der Waals surface area contributed by atoms with E-state index in [4.69, 9.17) is 14.7 Å². The Bertz CT molecular complexity index is 196. The van der Waals surface area contributed by atoms with Crippen molar-refractivity contribution in [1.29, 1.82) is 0 Å². The minimum absolute atomic E-state index is 0.0305. The molecule has 1 aliphatic carbocycles. The molecule has 1 rings (SSSR count). The first-order chi connectivity index (χ1) is 9.79. The van der Waals surface area contributed by atoms with Crippen LogP contribution in [-0.4, -0.2) is 23.5 Å². The maximum Gasteiger partial charge on any atom is 0.634 e. The molecule has 0 aromatic carbocycles. The predicted molar refractivity (Wildman–Crippen MR) is 84.3 cm³/mol. The maximum absolute atomic E-state index is 8.98. The van der Waals surface area contributed by atoms with E-state index in [1.807, 2.05) is 0 Å². The molecule has 118 valence electrons. The summed E-state index contributed by atoms with van der Waals surface area (Å²) in [5, 5.41) is 18.0. The van der Waals surface area contributed by atoms with Gasteiger partial charge in [-0.05, 0) is 12.8 Å². The van der Waals surface area contributed by atoms with Gasteiger partial charge in [-0.1, -0.05) is 83.5 Å². The van der Waals surface area contributed by atoms with Crippen LogP contribution < -0.4 is 0 Å². The summed E-state index contributed by atoms with van der Waals surface area (Å²) in [7, 11) is -1.61. The molecule has 4 heteroatoms. The Morgan fingerprint density at radius 3 is 1.15 bits per heavy atom. The van der Waals surface area contributed by atoms with Gasteiger partial charge in [0.15, 0.2) is 0 Å². The average Bonchev–Trinajstić information content (AvgIpc) is 2.40. The van der Waals surface area contributed by atoms with E-state index in [1.165, 1.54) is 70.6 Å². The molecule has 0 aromatic rings. The zero-order valence-electron chi connectivity index (χ0n) is 13.1. The fourth-order valence-corrected chi connectivity index (χ4v) is 3.14. The lowest BCUT2D eigenvalue weighted by atomic mass is 9.99. The van der Waals surface area contributed by atoms with Crippen molar-refractivity contribution < 1.29 is 14.7 Å². The molecule has 3 nitrogen and oxygen atoms in total. The molecule has 2 N–H and O–H groups in total. The SMILES string of the molecule is OB(O)OC1CCCCCCCCCCCCCCC1. The molecule has 1 saturated carbocycles. The van der Waals surface area contributed by atoms with Crippen molar-refractivity contribution in [1.82, 2.24) is 0 Å². The first-order valence-corrected chi connectivity index (χ1v) is 8.80. The second-order valence-corrected chi connectivity index (χ2v) is 6.26. The normalized spacial score (nSPS) is 22.5. The average molecular weight is 284 g/mol. The van der Waals surface area contributed by atoms with Crippen molar-refractivity contribution in [2.75, 3.05) is 0 Å². The van der Waals surface area contributed by atoms with Crippen LogP contribution in [0.4, 0.5) is 0 Å². The third-order valence-corrected chi connectivity index (χ3v) is 4.37. The van der Waals surface area contributed by atoms with Crippen LogP contribution in [0.5, 0.6) is 0 Å². The molecule has 0 aromatic heterocycles. The van der Waals surface area contributed by atoms with Crippen LogP contribution in [0, 0.1) is 0 Å². The summed E-state index contributed by atoms with van der Waals surface area (Å²) in [5.41, 5.74) is 0. The van der Waals surface area contributed by atoms with Gasteiger partial charge in [0.1, 0.15) is 0 Å². The zero-order valence-corrected chi connectivity index (χ0v) is 13.1. The topological polar surface area (TPSA) is 49.7 Å². The standard InChI is InChI=1S/C16H33BO3/c18-17(19)20-16-14-12-10-8-6-4-2-1-3-5-7-9-11-13-15-16/h16,18-19H,1-15H2. The molecule has 0 radical (unpaired) electrons. The van der Waals surface area contributed by atoms with E-state index >= 15 is 0 Å². The van der Waals surface area contributed by atoms with Crippen molar-refractivity contribution in [3.05, 3.63) is 0 Å². The highest BCUT2D eigenvalue weighted by Crippen LogP contribution is 2.18. The third kappa shape index (κ3) is 10.7. The Hall–Kier alpha value is -0.0551. The second kappa shape index (κ2) is 12.7. The molecule has 20 heavy (non-hydrogen) atoms. The summed E-state index contributed by atoms with van der Waals surface area (Å²) < 4.78 is 5.21.